The average Bonchev–Trinajstić information content (AvgIpc) is 2.56. The molecule has 2 rings (SSSR count). The van der Waals surface area contributed by atoms with E-state index < -0.39 is 10.0 Å². The molecule has 0 radical (unpaired) electrons. The summed E-state index contributed by atoms with van der Waals surface area (Å²) in [6.45, 7) is 4.73. The topological polar surface area (TPSA) is 98.0 Å². The first-order valence-corrected chi connectivity index (χ1v) is 7.12. The van der Waals surface area contributed by atoms with Gasteiger partial charge >= 0.3 is 0 Å². The predicted molar refractivity (Wildman–Crippen MR) is 68.6 cm³/mol. The number of aryl methyl sites for hydroxylation is 3. The maximum absolute atomic E-state index is 12.2. The highest BCUT2D eigenvalue weighted by Gasteiger charge is 2.25. The number of aromatic nitrogens is 3. The van der Waals surface area contributed by atoms with Gasteiger partial charge in [-0.3, -0.25) is 0 Å². The highest BCUT2D eigenvalue weighted by Crippen LogP contribution is 2.21. The van der Waals surface area contributed by atoms with Crippen molar-refractivity contribution in [3.63, 3.8) is 0 Å². The molecule has 2 heterocycles. The minimum Gasteiger partial charge on any atom is -0.360 e. The van der Waals surface area contributed by atoms with Crippen molar-refractivity contribution in [2.75, 3.05) is 4.72 Å². The van der Waals surface area contributed by atoms with Crippen molar-refractivity contribution < 1.29 is 12.9 Å². The number of anilines is 1. The summed E-state index contributed by atoms with van der Waals surface area (Å²) in [5.74, 6) is 0.105. The molecule has 9 heteroatoms. The molecule has 0 atom stereocenters. The number of sulfonamides is 1. The van der Waals surface area contributed by atoms with Crippen LogP contribution in [0.25, 0.3) is 0 Å². The summed E-state index contributed by atoms with van der Waals surface area (Å²) in [5.41, 5.74) is 0.820. The molecular weight excluding hydrogens is 292 g/mol. The number of nitrogens with one attached hydrogen (secondary N) is 1. The molecule has 0 aliphatic carbocycles. The van der Waals surface area contributed by atoms with Gasteiger partial charge < -0.3 is 4.52 Å². The molecule has 0 saturated carbocycles. The molecule has 0 spiro atoms. The van der Waals surface area contributed by atoms with Crippen LogP contribution in [0, 0.1) is 20.8 Å². The van der Waals surface area contributed by atoms with Crippen LogP contribution < -0.4 is 4.72 Å². The Morgan fingerprint density at radius 3 is 2.47 bits per heavy atom. The molecule has 1 N–H and O–H groups in total. The molecule has 0 saturated heterocycles. The largest absolute Gasteiger partial charge is 0.360 e. The van der Waals surface area contributed by atoms with E-state index in [0.29, 0.717) is 5.69 Å². The van der Waals surface area contributed by atoms with Gasteiger partial charge in [0, 0.05) is 5.69 Å². The van der Waals surface area contributed by atoms with Gasteiger partial charge in [0.05, 0.1) is 0 Å². The SMILES string of the molecule is Cc1cc(Cl)nc(NS(=O)(=O)c2c(C)noc2C)n1. The maximum atomic E-state index is 12.2. The first-order chi connectivity index (χ1) is 8.79. The van der Waals surface area contributed by atoms with Gasteiger partial charge in [-0.2, -0.15) is 0 Å². The van der Waals surface area contributed by atoms with Crippen molar-refractivity contribution in [2.24, 2.45) is 0 Å². The Morgan fingerprint density at radius 1 is 1.26 bits per heavy atom. The zero-order chi connectivity index (χ0) is 14.2. The lowest BCUT2D eigenvalue weighted by atomic mass is 10.4. The fourth-order valence-electron chi connectivity index (χ4n) is 1.61. The minimum atomic E-state index is -3.85. The van der Waals surface area contributed by atoms with Crippen LogP contribution in [0.5, 0.6) is 0 Å². The van der Waals surface area contributed by atoms with Gasteiger partial charge in [-0.15, -0.1) is 0 Å². The van der Waals surface area contributed by atoms with E-state index in [0.717, 1.165) is 0 Å². The molecule has 0 aliphatic heterocycles. The smallest absolute Gasteiger partial charge is 0.269 e. The fraction of sp³-hybridized carbons (Fsp3) is 0.300. The summed E-state index contributed by atoms with van der Waals surface area (Å²) < 4.78 is 31.5. The Labute approximate surface area is 115 Å². The zero-order valence-corrected chi connectivity index (χ0v) is 12.0. The summed E-state index contributed by atoms with van der Waals surface area (Å²) in [4.78, 5) is 7.73. The van der Waals surface area contributed by atoms with Crippen molar-refractivity contribution in [2.45, 2.75) is 25.7 Å². The highest BCUT2D eigenvalue weighted by molar-refractivity contribution is 7.92. The highest BCUT2D eigenvalue weighted by atomic mass is 35.5. The summed E-state index contributed by atoms with van der Waals surface area (Å²) in [5, 5.41) is 3.75. The maximum Gasteiger partial charge on any atom is 0.269 e. The van der Waals surface area contributed by atoms with Crippen LogP contribution >= 0.6 is 11.6 Å². The molecular formula is C10H11ClN4O3S. The minimum absolute atomic E-state index is 0.0197. The number of rotatable bonds is 3. The van der Waals surface area contributed by atoms with E-state index in [1.807, 2.05) is 0 Å². The molecule has 0 aromatic carbocycles. The molecule has 2 aromatic rings. The zero-order valence-electron chi connectivity index (χ0n) is 10.4. The van der Waals surface area contributed by atoms with Crippen molar-refractivity contribution in [1.82, 2.24) is 15.1 Å². The first-order valence-electron chi connectivity index (χ1n) is 5.26. The van der Waals surface area contributed by atoms with E-state index in [-0.39, 0.29) is 27.5 Å². The van der Waals surface area contributed by atoms with Crippen LogP contribution in [-0.2, 0) is 10.0 Å². The van der Waals surface area contributed by atoms with Gasteiger partial charge in [0.15, 0.2) is 10.7 Å². The van der Waals surface area contributed by atoms with Gasteiger partial charge in [0.1, 0.15) is 10.8 Å². The van der Waals surface area contributed by atoms with Crippen molar-refractivity contribution >= 4 is 27.6 Å². The number of nitrogens with zero attached hydrogens (tertiary/aromatic N) is 3. The van der Waals surface area contributed by atoms with Crippen LogP contribution in [0.3, 0.4) is 0 Å². The van der Waals surface area contributed by atoms with Crippen LogP contribution in [0.4, 0.5) is 5.95 Å². The van der Waals surface area contributed by atoms with Crippen LogP contribution in [0.2, 0.25) is 5.15 Å². The summed E-state index contributed by atoms with van der Waals surface area (Å²) >= 11 is 5.75. The summed E-state index contributed by atoms with van der Waals surface area (Å²) in [6, 6.07) is 1.52. The predicted octanol–water partition coefficient (Wildman–Crippen LogP) is 1.84. The third-order valence-corrected chi connectivity index (χ3v) is 4.05. The quantitative estimate of drug-likeness (QED) is 0.869. The van der Waals surface area contributed by atoms with E-state index in [1.54, 1.807) is 6.92 Å². The Kier molecular flexibility index (Phi) is 3.46. The monoisotopic (exact) mass is 302 g/mol. The molecule has 19 heavy (non-hydrogen) atoms. The van der Waals surface area contributed by atoms with Crippen molar-refractivity contribution in [1.29, 1.82) is 0 Å². The Hall–Kier alpha value is -1.67. The molecule has 0 amide bonds. The van der Waals surface area contributed by atoms with E-state index in [9.17, 15) is 8.42 Å². The molecule has 0 unspecified atom stereocenters. The average molecular weight is 303 g/mol. The van der Waals surface area contributed by atoms with E-state index >= 15 is 0 Å². The van der Waals surface area contributed by atoms with E-state index in [4.69, 9.17) is 16.1 Å². The Morgan fingerprint density at radius 2 is 1.95 bits per heavy atom. The molecule has 0 aliphatic rings. The fourth-order valence-corrected chi connectivity index (χ4v) is 3.12. The third-order valence-electron chi connectivity index (χ3n) is 2.29. The molecule has 0 fully saturated rings. The third kappa shape index (κ3) is 2.85. The van der Waals surface area contributed by atoms with Crippen LogP contribution in [0.15, 0.2) is 15.5 Å². The van der Waals surface area contributed by atoms with Gasteiger partial charge in [-0.25, -0.2) is 23.1 Å². The molecule has 0 bridgehead atoms. The number of halogens is 1. The standard InChI is InChI=1S/C10H11ClN4O3S/c1-5-4-8(11)13-10(12-5)15-19(16,17)9-6(2)14-18-7(9)3/h4H,1-3H3,(H,12,13,15). The molecule has 2 aromatic heterocycles. The van der Waals surface area contributed by atoms with Gasteiger partial charge in [-0.1, -0.05) is 16.8 Å². The van der Waals surface area contributed by atoms with E-state index in [2.05, 4.69) is 19.8 Å². The Balaban J connectivity index is 2.42. The van der Waals surface area contributed by atoms with Gasteiger partial charge in [-0.05, 0) is 26.8 Å². The Bertz CT molecular complexity index is 687. The van der Waals surface area contributed by atoms with Crippen LogP contribution in [-0.4, -0.2) is 23.5 Å². The normalized spacial score (nSPS) is 11.6. The van der Waals surface area contributed by atoms with Gasteiger partial charge in [0.2, 0.25) is 5.95 Å². The summed E-state index contributed by atoms with van der Waals surface area (Å²) in [7, 11) is -3.85. The second-order valence-electron chi connectivity index (χ2n) is 3.91. The lowest BCUT2D eigenvalue weighted by molar-refractivity contribution is 0.390. The van der Waals surface area contributed by atoms with Gasteiger partial charge in [0.25, 0.3) is 10.0 Å². The lowest BCUT2D eigenvalue weighted by Crippen LogP contribution is -2.16. The first kappa shape index (κ1) is 13.8. The molecule has 7 nitrogen and oxygen atoms in total. The number of hydrogen-bond donors (Lipinski definition) is 1. The lowest BCUT2D eigenvalue weighted by Gasteiger charge is -2.06. The second-order valence-corrected chi connectivity index (χ2v) is 5.92. The summed E-state index contributed by atoms with van der Waals surface area (Å²) in [6.07, 6.45) is 0. The van der Waals surface area contributed by atoms with E-state index in [1.165, 1.54) is 19.9 Å². The second kappa shape index (κ2) is 4.78. The van der Waals surface area contributed by atoms with Crippen molar-refractivity contribution in [3.05, 3.63) is 28.4 Å². The van der Waals surface area contributed by atoms with Crippen molar-refractivity contribution in [3.8, 4) is 0 Å². The number of hydrogen-bond acceptors (Lipinski definition) is 6. The molecule has 102 valence electrons. The van der Waals surface area contributed by atoms with Crippen LogP contribution in [0.1, 0.15) is 17.1 Å².